The van der Waals surface area contributed by atoms with Crippen molar-refractivity contribution >= 4 is 16.3 Å². The normalized spacial score (nSPS) is 12.9. The molecule has 0 amide bonds. The van der Waals surface area contributed by atoms with Gasteiger partial charge in [0.1, 0.15) is 0 Å². The smallest absolute Gasteiger partial charge is 0.194 e. The van der Waals surface area contributed by atoms with Gasteiger partial charge >= 0.3 is 0 Å². The quantitative estimate of drug-likeness (QED) is 0.774. The van der Waals surface area contributed by atoms with Gasteiger partial charge in [-0.15, -0.1) is 11.3 Å². The molecule has 21 heavy (non-hydrogen) atoms. The highest BCUT2D eigenvalue weighted by Gasteiger charge is 2.12. The summed E-state index contributed by atoms with van der Waals surface area (Å²) in [4.78, 5) is 5.73. The molecular formula is C17H21N3S. The van der Waals surface area contributed by atoms with Crippen molar-refractivity contribution in [3.8, 4) is 0 Å². The van der Waals surface area contributed by atoms with E-state index in [1.807, 2.05) is 0 Å². The number of rotatable bonds is 5. The molecule has 3 nitrogen and oxygen atoms in total. The number of hydrogen-bond donors (Lipinski definition) is 1. The molecule has 0 radical (unpaired) electrons. The van der Waals surface area contributed by atoms with Crippen molar-refractivity contribution in [1.82, 2.24) is 14.7 Å². The molecule has 0 aliphatic heterocycles. The van der Waals surface area contributed by atoms with Gasteiger partial charge in [0.2, 0.25) is 0 Å². The van der Waals surface area contributed by atoms with Crippen LogP contribution in [0.3, 0.4) is 0 Å². The maximum Gasteiger partial charge on any atom is 0.194 e. The first kappa shape index (κ1) is 14.3. The zero-order chi connectivity index (χ0) is 14.8. The monoisotopic (exact) mass is 299 g/mol. The zero-order valence-electron chi connectivity index (χ0n) is 12.8. The molecule has 0 saturated heterocycles. The van der Waals surface area contributed by atoms with Gasteiger partial charge in [-0.2, -0.15) is 0 Å². The number of benzene rings is 1. The van der Waals surface area contributed by atoms with Crippen LogP contribution in [-0.2, 0) is 6.54 Å². The van der Waals surface area contributed by atoms with E-state index in [1.54, 1.807) is 11.3 Å². The van der Waals surface area contributed by atoms with Gasteiger partial charge in [-0.05, 0) is 25.3 Å². The van der Waals surface area contributed by atoms with Gasteiger partial charge in [0.25, 0.3) is 0 Å². The van der Waals surface area contributed by atoms with E-state index in [0.717, 1.165) is 23.7 Å². The fraction of sp³-hybridized carbons (Fsp3) is 0.353. The maximum absolute atomic E-state index is 4.63. The molecule has 1 atom stereocenters. The summed E-state index contributed by atoms with van der Waals surface area (Å²) in [6.07, 6.45) is 0. The van der Waals surface area contributed by atoms with Crippen LogP contribution < -0.4 is 5.32 Å². The topological polar surface area (TPSA) is 29.3 Å². The minimum Gasteiger partial charge on any atom is -0.311 e. The van der Waals surface area contributed by atoms with Crippen molar-refractivity contribution in [2.45, 2.75) is 33.2 Å². The van der Waals surface area contributed by atoms with Crippen molar-refractivity contribution in [3.05, 3.63) is 58.4 Å². The summed E-state index contributed by atoms with van der Waals surface area (Å²) in [5, 5.41) is 5.74. The van der Waals surface area contributed by atoms with Gasteiger partial charge in [0.15, 0.2) is 4.96 Å². The lowest BCUT2D eigenvalue weighted by atomic mass is 10.0. The van der Waals surface area contributed by atoms with Gasteiger partial charge in [-0.1, -0.05) is 37.3 Å². The molecule has 0 aliphatic carbocycles. The Bertz CT molecular complexity index is 727. The summed E-state index contributed by atoms with van der Waals surface area (Å²) < 4.78 is 2.26. The van der Waals surface area contributed by atoms with Crippen molar-refractivity contribution in [2.24, 2.45) is 0 Å². The van der Waals surface area contributed by atoms with Gasteiger partial charge in [-0.25, -0.2) is 4.98 Å². The van der Waals surface area contributed by atoms with Crippen LogP contribution in [0.4, 0.5) is 0 Å². The van der Waals surface area contributed by atoms with E-state index in [-0.39, 0.29) is 0 Å². The molecule has 3 aromatic rings. The first-order chi connectivity index (χ1) is 10.2. The van der Waals surface area contributed by atoms with Crippen molar-refractivity contribution in [1.29, 1.82) is 0 Å². The Labute approximate surface area is 129 Å². The number of imidazole rings is 1. The van der Waals surface area contributed by atoms with Gasteiger partial charge < -0.3 is 5.32 Å². The number of aromatic nitrogens is 2. The lowest BCUT2D eigenvalue weighted by Crippen LogP contribution is -2.21. The molecule has 2 heterocycles. The predicted molar refractivity (Wildman–Crippen MR) is 89.1 cm³/mol. The second-order valence-corrected chi connectivity index (χ2v) is 6.42. The molecule has 0 fully saturated rings. The summed E-state index contributed by atoms with van der Waals surface area (Å²) in [5.74, 6) is 0.512. The molecule has 0 aliphatic rings. The highest BCUT2D eigenvalue weighted by Crippen LogP contribution is 2.20. The molecule has 4 heteroatoms. The molecule has 3 rings (SSSR count). The van der Waals surface area contributed by atoms with Crippen LogP contribution in [0.15, 0.2) is 35.7 Å². The molecular weight excluding hydrogens is 278 g/mol. The third-order valence-electron chi connectivity index (χ3n) is 3.94. The number of thiazole rings is 1. The third kappa shape index (κ3) is 2.87. The lowest BCUT2D eigenvalue weighted by molar-refractivity contribution is 0.604. The van der Waals surface area contributed by atoms with Crippen LogP contribution in [0.25, 0.3) is 4.96 Å². The van der Waals surface area contributed by atoms with Crippen molar-refractivity contribution < 1.29 is 0 Å². The second kappa shape index (κ2) is 6.00. The van der Waals surface area contributed by atoms with Gasteiger partial charge in [-0.3, -0.25) is 4.40 Å². The SMILES string of the molecule is Cc1nc2scc(C)n2c1CNCC(C)c1ccccc1. The fourth-order valence-corrected chi connectivity index (χ4v) is 3.61. The molecule has 0 spiro atoms. The number of nitrogens with one attached hydrogen (secondary N) is 1. The molecule has 1 N–H and O–H groups in total. The van der Waals surface area contributed by atoms with Crippen LogP contribution in [0.1, 0.15) is 35.5 Å². The molecule has 0 bridgehead atoms. The average molecular weight is 299 g/mol. The molecule has 2 aromatic heterocycles. The predicted octanol–water partition coefficient (Wildman–Crippen LogP) is 3.91. The summed E-state index contributed by atoms with van der Waals surface area (Å²) in [6, 6.07) is 10.7. The van der Waals surface area contributed by atoms with Gasteiger partial charge in [0, 0.05) is 24.2 Å². The van der Waals surface area contributed by atoms with Crippen LogP contribution in [0.5, 0.6) is 0 Å². The molecule has 0 saturated carbocycles. The number of nitrogens with zero attached hydrogens (tertiary/aromatic N) is 2. The average Bonchev–Trinajstić information content (AvgIpc) is 3.00. The van der Waals surface area contributed by atoms with Gasteiger partial charge in [0.05, 0.1) is 11.4 Å². The number of aryl methyl sites for hydroxylation is 2. The minimum absolute atomic E-state index is 0.512. The molecule has 1 aromatic carbocycles. The Hall–Kier alpha value is -1.65. The van der Waals surface area contributed by atoms with Crippen LogP contribution >= 0.6 is 11.3 Å². The number of hydrogen-bond acceptors (Lipinski definition) is 3. The van der Waals surface area contributed by atoms with Crippen LogP contribution in [0.2, 0.25) is 0 Å². The van der Waals surface area contributed by atoms with E-state index in [9.17, 15) is 0 Å². The van der Waals surface area contributed by atoms with E-state index in [4.69, 9.17) is 0 Å². The van der Waals surface area contributed by atoms with Crippen molar-refractivity contribution in [2.75, 3.05) is 6.54 Å². The third-order valence-corrected chi connectivity index (χ3v) is 4.89. The first-order valence-corrected chi connectivity index (χ1v) is 8.22. The molecule has 110 valence electrons. The Kier molecular flexibility index (Phi) is 4.08. The van der Waals surface area contributed by atoms with E-state index in [0.29, 0.717) is 5.92 Å². The van der Waals surface area contributed by atoms with E-state index < -0.39 is 0 Å². The Balaban J connectivity index is 1.67. The van der Waals surface area contributed by atoms with Crippen LogP contribution in [-0.4, -0.2) is 15.9 Å². The van der Waals surface area contributed by atoms with E-state index in [2.05, 4.69) is 71.2 Å². The van der Waals surface area contributed by atoms with Crippen molar-refractivity contribution in [3.63, 3.8) is 0 Å². The molecule has 1 unspecified atom stereocenters. The highest BCUT2D eigenvalue weighted by atomic mass is 32.1. The zero-order valence-corrected chi connectivity index (χ0v) is 13.6. The maximum atomic E-state index is 4.63. The van der Waals surface area contributed by atoms with E-state index >= 15 is 0 Å². The summed E-state index contributed by atoms with van der Waals surface area (Å²) in [5.41, 5.74) is 5.06. The number of fused-ring (bicyclic) bond motifs is 1. The fourth-order valence-electron chi connectivity index (χ4n) is 2.68. The second-order valence-electron chi connectivity index (χ2n) is 5.58. The van der Waals surface area contributed by atoms with E-state index in [1.165, 1.54) is 17.0 Å². The summed E-state index contributed by atoms with van der Waals surface area (Å²) >= 11 is 1.71. The first-order valence-electron chi connectivity index (χ1n) is 7.34. The Morgan fingerprint density at radius 2 is 2.00 bits per heavy atom. The Morgan fingerprint density at radius 1 is 1.24 bits per heavy atom. The highest BCUT2D eigenvalue weighted by molar-refractivity contribution is 7.15. The largest absolute Gasteiger partial charge is 0.311 e. The summed E-state index contributed by atoms with van der Waals surface area (Å²) in [7, 11) is 0. The summed E-state index contributed by atoms with van der Waals surface area (Å²) in [6.45, 7) is 8.33. The minimum atomic E-state index is 0.512. The lowest BCUT2D eigenvalue weighted by Gasteiger charge is -2.13. The Morgan fingerprint density at radius 3 is 2.76 bits per heavy atom. The van der Waals surface area contributed by atoms with Crippen LogP contribution in [0, 0.1) is 13.8 Å². The standard InChI is InChI=1S/C17H21N3S/c1-12(15-7-5-4-6-8-15)9-18-10-16-14(3)19-17-20(16)13(2)11-21-17/h4-8,11-12,18H,9-10H2,1-3H3.